The van der Waals surface area contributed by atoms with Crippen LogP contribution >= 0.6 is 22.7 Å². The minimum absolute atomic E-state index is 0.0302. The summed E-state index contributed by atoms with van der Waals surface area (Å²) >= 11 is 2.52. The monoisotopic (exact) mass is 469 g/mol. The molecule has 1 atom stereocenters. The Balaban J connectivity index is 1.81. The van der Waals surface area contributed by atoms with E-state index in [2.05, 4.69) is 16.9 Å². The maximum atomic E-state index is 13.6. The minimum Gasteiger partial charge on any atom is -0.503 e. The number of hydrogen-bond donors (Lipinski definition) is 1. The van der Waals surface area contributed by atoms with E-state index in [1.54, 1.807) is 18.5 Å². The molecule has 0 bridgehead atoms. The maximum absolute atomic E-state index is 13.6. The Morgan fingerprint density at radius 2 is 2.12 bits per heavy atom. The van der Waals surface area contributed by atoms with Gasteiger partial charge in [0, 0.05) is 11.6 Å². The van der Waals surface area contributed by atoms with Crippen molar-refractivity contribution in [1.82, 2.24) is 9.97 Å². The first-order chi connectivity index (χ1) is 15.4. The summed E-state index contributed by atoms with van der Waals surface area (Å²) in [7, 11) is 0. The summed E-state index contributed by atoms with van der Waals surface area (Å²) in [5.41, 5.74) is 1.27. The van der Waals surface area contributed by atoms with E-state index >= 15 is 0 Å². The highest BCUT2D eigenvalue weighted by Crippen LogP contribution is 2.43. The number of ether oxygens (including phenoxy) is 1. The Hall–Kier alpha value is -3.04. The van der Waals surface area contributed by atoms with Crippen molar-refractivity contribution < 1.29 is 19.4 Å². The van der Waals surface area contributed by atoms with Gasteiger partial charge in [-0.3, -0.25) is 14.5 Å². The second kappa shape index (κ2) is 9.22. The molecule has 1 N–H and O–H groups in total. The summed E-state index contributed by atoms with van der Waals surface area (Å²) in [6.07, 6.45) is 3.52. The summed E-state index contributed by atoms with van der Waals surface area (Å²) in [4.78, 5) is 37.1. The Morgan fingerprint density at radius 3 is 2.78 bits per heavy atom. The zero-order chi connectivity index (χ0) is 22.8. The molecule has 1 aliphatic heterocycles. The summed E-state index contributed by atoms with van der Waals surface area (Å²) in [5.74, 6) is -0.965. The fraction of sp³-hybridized carbons (Fsp3) is 0.304. The van der Waals surface area contributed by atoms with Gasteiger partial charge in [-0.15, -0.1) is 22.7 Å². The van der Waals surface area contributed by atoms with E-state index in [1.165, 1.54) is 27.6 Å². The molecule has 32 heavy (non-hydrogen) atoms. The van der Waals surface area contributed by atoms with Crippen LogP contribution in [0.5, 0.6) is 5.75 Å². The molecule has 2 aromatic heterocycles. The summed E-state index contributed by atoms with van der Waals surface area (Å²) < 4.78 is 5.84. The molecule has 166 valence electrons. The highest BCUT2D eigenvalue weighted by molar-refractivity contribution is 7.14. The molecule has 3 heterocycles. The smallest absolute Gasteiger partial charge is 0.296 e. The highest BCUT2D eigenvalue weighted by atomic mass is 32.1. The average molecular weight is 470 g/mol. The summed E-state index contributed by atoms with van der Waals surface area (Å²) in [6.45, 7) is 6.23. The normalized spacial score (nSPS) is 16.2. The fourth-order valence-electron chi connectivity index (χ4n) is 3.66. The zero-order valence-corrected chi connectivity index (χ0v) is 19.6. The van der Waals surface area contributed by atoms with E-state index in [0.29, 0.717) is 33.6 Å². The lowest BCUT2D eigenvalue weighted by molar-refractivity contribution is -0.117. The first kappa shape index (κ1) is 22.2. The molecule has 1 aliphatic rings. The SMILES string of the molecule is CCCCOc1cccc(C2C(C(=O)c3sc(C)nc3C)=C(O)C(=O)N2c2nccs2)c1. The number of thiazole rings is 2. The van der Waals surface area contributed by atoms with Crippen LogP contribution in [-0.4, -0.2) is 33.4 Å². The van der Waals surface area contributed by atoms with Crippen molar-refractivity contribution in [2.24, 2.45) is 0 Å². The van der Waals surface area contributed by atoms with Crippen molar-refractivity contribution in [3.05, 3.63) is 68.3 Å². The Morgan fingerprint density at radius 1 is 1.31 bits per heavy atom. The van der Waals surface area contributed by atoms with Crippen LogP contribution in [0.25, 0.3) is 0 Å². The van der Waals surface area contributed by atoms with Gasteiger partial charge >= 0.3 is 0 Å². The molecular weight excluding hydrogens is 446 g/mol. The molecule has 0 fully saturated rings. The number of Topliss-reactive ketones (excluding diaryl/α,β-unsaturated/α-hetero) is 1. The van der Waals surface area contributed by atoms with Crippen molar-refractivity contribution in [1.29, 1.82) is 0 Å². The number of aromatic nitrogens is 2. The molecule has 1 amide bonds. The van der Waals surface area contributed by atoms with Crippen LogP contribution in [0.15, 0.2) is 47.2 Å². The van der Waals surface area contributed by atoms with E-state index in [4.69, 9.17) is 4.74 Å². The first-order valence-corrected chi connectivity index (χ1v) is 12.0. The third-order valence-electron chi connectivity index (χ3n) is 5.13. The highest BCUT2D eigenvalue weighted by Gasteiger charge is 2.46. The second-order valence-electron chi connectivity index (χ2n) is 7.41. The number of carbonyl (C=O) groups is 2. The predicted molar refractivity (Wildman–Crippen MR) is 125 cm³/mol. The van der Waals surface area contributed by atoms with Crippen molar-refractivity contribution in [2.75, 3.05) is 11.5 Å². The van der Waals surface area contributed by atoms with Crippen molar-refractivity contribution in [2.45, 2.75) is 39.7 Å². The summed E-state index contributed by atoms with van der Waals surface area (Å²) in [5, 5.41) is 13.7. The van der Waals surface area contributed by atoms with Gasteiger partial charge in [-0.2, -0.15) is 0 Å². The van der Waals surface area contributed by atoms with Gasteiger partial charge in [-0.25, -0.2) is 9.97 Å². The van der Waals surface area contributed by atoms with Gasteiger partial charge in [0.2, 0.25) is 5.78 Å². The molecule has 1 unspecified atom stereocenters. The molecule has 0 aliphatic carbocycles. The first-order valence-electron chi connectivity index (χ1n) is 10.3. The lowest BCUT2D eigenvalue weighted by Crippen LogP contribution is -2.31. The molecule has 7 nitrogen and oxygen atoms in total. The van der Waals surface area contributed by atoms with E-state index < -0.39 is 23.5 Å². The number of aliphatic hydroxyl groups is 1. The molecule has 9 heteroatoms. The van der Waals surface area contributed by atoms with Gasteiger partial charge < -0.3 is 9.84 Å². The Bertz CT molecular complexity index is 1180. The van der Waals surface area contributed by atoms with Gasteiger partial charge in [0.1, 0.15) is 5.75 Å². The van der Waals surface area contributed by atoms with Crippen LogP contribution < -0.4 is 9.64 Å². The van der Waals surface area contributed by atoms with E-state index in [0.717, 1.165) is 17.8 Å². The number of anilines is 1. The number of nitrogens with zero attached hydrogens (tertiary/aromatic N) is 3. The number of ketones is 1. The van der Waals surface area contributed by atoms with Gasteiger partial charge in [0.05, 0.1) is 33.8 Å². The second-order valence-corrected chi connectivity index (χ2v) is 9.48. The quantitative estimate of drug-likeness (QED) is 0.361. The van der Waals surface area contributed by atoms with Crippen LogP contribution in [0.4, 0.5) is 5.13 Å². The average Bonchev–Trinajstić information content (AvgIpc) is 3.47. The van der Waals surface area contributed by atoms with Crippen molar-refractivity contribution in [3.8, 4) is 5.75 Å². The number of aliphatic hydroxyl groups excluding tert-OH is 1. The third kappa shape index (κ3) is 4.05. The van der Waals surface area contributed by atoms with Crippen LogP contribution in [0, 0.1) is 13.8 Å². The van der Waals surface area contributed by atoms with Crippen molar-refractivity contribution >= 4 is 39.5 Å². The Kier molecular flexibility index (Phi) is 6.38. The van der Waals surface area contributed by atoms with Crippen LogP contribution in [0.1, 0.15) is 51.7 Å². The van der Waals surface area contributed by atoms with Gasteiger partial charge in [0.15, 0.2) is 10.9 Å². The molecule has 0 saturated carbocycles. The van der Waals surface area contributed by atoms with Gasteiger partial charge in [0.25, 0.3) is 5.91 Å². The van der Waals surface area contributed by atoms with Gasteiger partial charge in [-0.05, 0) is 38.0 Å². The molecular formula is C23H23N3O4S2. The third-order valence-corrected chi connectivity index (χ3v) is 6.97. The number of rotatable bonds is 8. The van der Waals surface area contributed by atoms with Crippen LogP contribution in [0.3, 0.4) is 0 Å². The molecule has 1 aromatic carbocycles. The van der Waals surface area contributed by atoms with E-state index in [9.17, 15) is 14.7 Å². The predicted octanol–water partition coefficient (Wildman–Crippen LogP) is 5.18. The lowest BCUT2D eigenvalue weighted by atomic mass is 9.95. The van der Waals surface area contributed by atoms with Gasteiger partial charge in [-0.1, -0.05) is 25.5 Å². The summed E-state index contributed by atoms with van der Waals surface area (Å²) in [6, 6.07) is 6.47. The van der Waals surface area contributed by atoms with Crippen molar-refractivity contribution in [3.63, 3.8) is 0 Å². The molecule has 3 aromatic rings. The molecule has 4 rings (SSSR count). The number of amides is 1. The van der Waals surface area contributed by atoms with E-state index in [1.807, 2.05) is 31.2 Å². The van der Waals surface area contributed by atoms with Crippen LogP contribution in [0.2, 0.25) is 0 Å². The fourth-order valence-corrected chi connectivity index (χ4v) is 5.20. The Labute approximate surface area is 194 Å². The lowest BCUT2D eigenvalue weighted by Gasteiger charge is -2.24. The molecule has 0 saturated heterocycles. The van der Waals surface area contributed by atoms with E-state index in [-0.39, 0.29) is 5.57 Å². The number of benzene rings is 1. The number of unbranched alkanes of at least 4 members (excludes halogenated alkanes) is 1. The molecule has 0 radical (unpaired) electrons. The largest absolute Gasteiger partial charge is 0.503 e. The topological polar surface area (TPSA) is 92.6 Å². The number of carbonyl (C=O) groups excluding carboxylic acids is 2. The number of aryl methyl sites for hydroxylation is 2. The van der Waals surface area contributed by atoms with Crippen LogP contribution in [-0.2, 0) is 4.79 Å². The number of hydrogen-bond acceptors (Lipinski definition) is 8. The maximum Gasteiger partial charge on any atom is 0.296 e. The minimum atomic E-state index is -0.822. The zero-order valence-electron chi connectivity index (χ0n) is 18.0. The standard InChI is InChI=1S/C23H23N3O4S2/c1-4-5-10-30-16-8-6-7-15(12-16)18-17(19(27)21-13(2)25-14(3)32-21)20(28)22(29)26(18)23-24-9-11-31-23/h6-9,11-12,18,28H,4-5,10H2,1-3H3. The molecule has 0 spiro atoms.